The van der Waals surface area contributed by atoms with Gasteiger partial charge in [-0.05, 0) is 31.0 Å². The van der Waals surface area contributed by atoms with Crippen LogP contribution in [0.5, 0.6) is 0 Å². The Morgan fingerprint density at radius 3 is 2.88 bits per heavy atom. The van der Waals surface area contributed by atoms with Crippen molar-refractivity contribution in [2.45, 2.75) is 19.4 Å². The zero-order valence-corrected chi connectivity index (χ0v) is 10.1. The molecule has 0 bridgehead atoms. The lowest BCUT2D eigenvalue weighted by molar-refractivity contribution is -0.143. The van der Waals surface area contributed by atoms with Gasteiger partial charge in [-0.3, -0.25) is 0 Å². The molecule has 86 valence electrons. The molecule has 1 saturated heterocycles. The van der Waals surface area contributed by atoms with Crippen LogP contribution in [0, 0.1) is 6.92 Å². The number of methoxy groups -OCH3 is 1. The first-order valence-electron chi connectivity index (χ1n) is 5.24. The second kappa shape index (κ2) is 4.34. The molecule has 4 heteroatoms. The molecule has 0 aromatic heterocycles. The monoisotopic (exact) mass is 239 g/mol. The number of hydrogen-bond donors (Lipinski definition) is 0. The molecule has 1 aromatic rings. The molecule has 0 aliphatic carbocycles. The maximum Gasteiger partial charge on any atom is 0.328 e. The Balaban J connectivity index is 2.24. The Kier molecular flexibility index (Phi) is 3.06. The van der Waals surface area contributed by atoms with Crippen molar-refractivity contribution < 1.29 is 9.53 Å². The highest BCUT2D eigenvalue weighted by molar-refractivity contribution is 6.33. The summed E-state index contributed by atoms with van der Waals surface area (Å²) in [6.45, 7) is 2.86. The molecular weight excluding hydrogens is 226 g/mol. The molecule has 1 aromatic carbocycles. The van der Waals surface area contributed by atoms with Gasteiger partial charge >= 0.3 is 5.97 Å². The first-order chi connectivity index (χ1) is 7.63. The molecule has 0 amide bonds. The van der Waals surface area contributed by atoms with Crippen LogP contribution in [0.2, 0.25) is 5.02 Å². The Labute approximate surface area is 100.0 Å². The molecule has 0 radical (unpaired) electrons. The Bertz CT molecular complexity index is 419. The smallest absolute Gasteiger partial charge is 0.328 e. The largest absolute Gasteiger partial charge is 0.467 e. The Hall–Kier alpha value is -1.22. The summed E-state index contributed by atoms with van der Waals surface area (Å²) in [5.74, 6) is -0.191. The van der Waals surface area contributed by atoms with E-state index >= 15 is 0 Å². The quantitative estimate of drug-likeness (QED) is 0.743. The van der Waals surface area contributed by atoms with Crippen molar-refractivity contribution in [1.82, 2.24) is 0 Å². The Morgan fingerprint density at radius 1 is 1.56 bits per heavy atom. The molecule has 0 N–H and O–H groups in total. The summed E-state index contributed by atoms with van der Waals surface area (Å²) < 4.78 is 4.75. The van der Waals surface area contributed by atoms with E-state index < -0.39 is 0 Å². The van der Waals surface area contributed by atoms with Crippen LogP contribution in [0.25, 0.3) is 0 Å². The van der Waals surface area contributed by atoms with E-state index in [1.165, 1.54) is 7.11 Å². The minimum Gasteiger partial charge on any atom is -0.467 e. The van der Waals surface area contributed by atoms with Crippen molar-refractivity contribution in [2.24, 2.45) is 0 Å². The Morgan fingerprint density at radius 2 is 2.31 bits per heavy atom. The summed E-state index contributed by atoms with van der Waals surface area (Å²) >= 11 is 6.12. The minimum atomic E-state index is -0.191. The summed E-state index contributed by atoms with van der Waals surface area (Å²) in [7, 11) is 1.41. The van der Waals surface area contributed by atoms with Gasteiger partial charge in [-0.25, -0.2) is 4.79 Å². The fourth-order valence-corrected chi connectivity index (χ4v) is 2.13. The lowest BCUT2D eigenvalue weighted by Crippen LogP contribution is -2.53. The first-order valence-corrected chi connectivity index (χ1v) is 5.62. The van der Waals surface area contributed by atoms with Crippen molar-refractivity contribution in [3.8, 4) is 0 Å². The number of hydrogen-bond acceptors (Lipinski definition) is 3. The van der Waals surface area contributed by atoms with Crippen molar-refractivity contribution in [1.29, 1.82) is 0 Å². The van der Waals surface area contributed by atoms with E-state index in [4.69, 9.17) is 16.3 Å². The number of ether oxygens (including phenoxy) is 1. The van der Waals surface area contributed by atoms with Gasteiger partial charge < -0.3 is 9.64 Å². The number of anilines is 1. The van der Waals surface area contributed by atoms with E-state index in [1.807, 2.05) is 30.0 Å². The van der Waals surface area contributed by atoms with E-state index in [2.05, 4.69) is 0 Å². The van der Waals surface area contributed by atoms with Crippen LogP contribution in [0.1, 0.15) is 12.0 Å². The second-order valence-electron chi connectivity index (χ2n) is 3.98. The van der Waals surface area contributed by atoms with Crippen LogP contribution in [0.3, 0.4) is 0 Å². The van der Waals surface area contributed by atoms with Gasteiger partial charge in [0.1, 0.15) is 6.04 Å². The zero-order valence-electron chi connectivity index (χ0n) is 9.37. The zero-order chi connectivity index (χ0) is 11.7. The summed E-state index contributed by atoms with van der Waals surface area (Å²) in [5.41, 5.74) is 2.05. The van der Waals surface area contributed by atoms with Gasteiger partial charge in [0.05, 0.1) is 17.8 Å². The van der Waals surface area contributed by atoms with Crippen LogP contribution in [0.4, 0.5) is 5.69 Å². The van der Waals surface area contributed by atoms with Crippen molar-refractivity contribution in [2.75, 3.05) is 18.6 Å². The van der Waals surface area contributed by atoms with E-state index in [1.54, 1.807) is 0 Å². The average molecular weight is 240 g/mol. The molecule has 1 atom stereocenters. The van der Waals surface area contributed by atoms with Gasteiger partial charge in [-0.2, -0.15) is 0 Å². The summed E-state index contributed by atoms with van der Waals surface area (Å²) in [6, 6.07) is 5.64. The highest BCUT2D eigenvalue weighted by Crippen LogP contribution is 2.33. The number of carbonyl (C=O) groups is 1. The molecule has 1 heterocycles. The molecule has 2 rings (SSSR count). The lowest BCUT2D eigenvalue weighted by Gasteiger charge is -2.41. The summed E-state index contributed by atoms with van der Waals surface area (Å²) in [6.07, 6.45) is 0.830. The molecular formula is C12H14ClNO2. The number of nitrogens with zero attached hydrogens (tertiary/aromatic N) is 1. The molecule has 3 nitrogen and oxygen atoms in total. The third kappa shape index (κ3) is 1.87. The predicted molar refractivity (Wildman–Crippen MR) is 64.0 cm³/mol. The fraction of sp³-hybridized carbons (Fsp3) is 0.417. The van der Waals surface area contributed by atoms with Crippen LogP contribution in [0.15, 0.2) is 18.2 Å². The summed E-state index contributed by atoms with van der Waals surface area (Å²) in [4.78, 5) is 13.5. The fourth-order valence-electron chi connectivity index (χ4n) is 1.90. The van der Waals surface area contributed by atoms with E-state index in [-0.39, 0.29) is 12.0 Å². The SMILES string of the molecule is COC(=O)C1CCN1c1cc(C)ccc1Cl. The van der Waals surface area contributed by atoms with E-state index in [0.29, 0.717) is 5.02 Å². The van der Waals surface area contributed by atoms with Gasteiger partial charge in [0.15, 0.2) is 0 Å². The third-order valence-electron chi connectivity index (χ3n) is 2.90. The molecule has 1 aliphatic rings. The minimum absolute atomic E-state index is 0.177. The lowest BCUT2D eigenvalue weighted by atomic mass is 10.0. The first kappa shape index (κ1) is 11.3. The number of rotatable bonds is 2. The molecule has 1 unspecified atom stereocenters. The normalized spacial score (nSPS) is 19.2. The van der Waals surface area contributed by atoms with E-state index in [0.717, 1.165) is 24.2 Å². The average Bonchev–Trinajstić information content (AvgIpc) is 2.21. The highest BCUT2D eigenvalue weighted by atomic mass is 35.5. The van der Waals surface area contributed by atoms with Crippen LogP contribution in [-0.4, -0.2) is 25.7 Å². The molecule has 0 saturated carbocycles. The maximum atomic E-state index is 11.5. The third-order valence-corrected chi connectivity index (χ3v) is 3.22. The summed E-state index contributed by atoms with van der Waals surface area (Å²) in [5, 5.41) is 0.680. The van der Waals surface area contributed by atoms with Gasteiger partial charge in [0.2, 0.25) is 0 Å². The molecule has 1 aliphatic heterocycles. The number of benzene rings is 1. The maximum absolute atomic E-state index is 11.5. The van der Waals surface area contributed by atoms with Gasteiger partial charge in [0.25, 0.3) is 0 Å². The standard InChI is InChI=1S/C12H14ClNO2/c1-8-3-4-9(13)11(7-8)14-6-5-10(14)12(15)16-2/h3-4,7,10H,5-6H2,1-2H3. The number of carbonyl (C=O) groups excluding carboxylic acids is 1. The van der Waals surface area contributed by atoms with Gasteiger partial charge in [-0.15, -0.1) is 0 Å². The highest BCUT2D eigenvalue weighted by Gasteiger charge is 2.36. The predicted octanol–water partition coefficient (Wildman–Crippen LogP) is 2.40. The number of halogens is 1. The number of esters is 1. The van der Waals surface area contributed by atoms with Crippen molar-refractivity contribution in [3.05, 3.63) is 28.8 Å². The molecule has 1 fully saturated rings. The van der Waals surface area contributed by atoms with E-state index in [9.17, 15) is 4.79 Å². The van der Waals surface area contributed by atoms with Crippen molar-refractivity contribution >= 4 is 23.3 Å². The molecule has 0 spiro atoms. The van der Waals surface area contributed by atoms with Crippen LogP contribution >= 0.6 is 11.6 Å². The molecule has 16 heavy (non-hydrogen) atoms. The van der Waals surface area contributed by atoms with Crippen LogP contribution < -0.4 is 4.90 Å². The van der Waals surface area contributed by atoms with Crippen molar-refractivity contribution in [3.63, 3.8) is 0 Å². The van der Waals surface area contributed by atoms with Gasteiger partial charge in [0, 0.05) is 6.54 Å². The van der Waals surface area contributed by atoms with Gasteiger partial charge in [-0.1, -0.05) is 17.7 Å². The second-order valence-corrected chi connectivity index (χ2v) is 4.38. The topological polar surface area (TPSA) is 29.5 Å². The van der Waals surface area contributed by atoms with Crippen LogP contribution in [-0.2, 0) is 9.53 Å². The number of aryl methyl sites for hydroxylation is 1.